The molecule has 3 nitrogen and oxygen atoms in total. The summed E-state index contributed by atoms with van der Waals surface area (Å²) >= 11 is 8.24. The molecule has 21 heavy (non-hydrogen) atoms. The lowest BCUT2D eigenvalue weighted by atomic mass is 9.92. The van der Waals surface area contributed by atoms with Gasteiger partial charge in [0.2, 0.25) is 10.0 Å². The molecule has 2 aromatic rings. The topological polar surface area (TPSA) is 46.2 Å². The minimum absolute atomic E-state index is 0.243. The van der Waals surface area contributed by atoms with Crippen LogP contribution in [0.2, 0.25) is 0 Å². The first-order valence-corrected chi connectivity index (χ1v) is 10.2. The van der Waals surface area contributed by atoms with E-state index in [1.54, 1.807) is 29.5 Å². The molecule has 0 aliphatic heterocycles. The fourth-order valence-electron chi connectivity index (χ4n) is 1.80. The molecule has 0 amide bonds. The number of halogens is 2. The van der Waals surface area contributed by atoms with Gasteiger partial charge in [-0.3, -0.25) is 0 Å². The van der Waals surface area contributed by atoms with Crippen LogP contribution in [0.1, 0.15) is 18.7 Å². The second-order valence-corrected chi connectivity index (χ2v) is 9.71. The van der Waals surface area contributed by atoms with Gasteiger partial charge in [-0.2, -0.15) is 0 Å². The summed E-state index contributed by atoms with van der Waals surface area (Å²) in [6.07, 6.45) is 0. The summed E-state index contributed by atoms with van der Waals surface area (Å²) in [7, 11) is -3.55. The van der Waals surface area contributed by atoms with Crippen LogP contribution in [0.25, 0.3) is 0 Å². The van der Waals surface area contributed by atoms with Crippen molar-refractivity contribution in [1.82, 2.24) is 4.72 Å². The van der Waals surface area contributed by atoms with E-state index in [4.69, 9.17) is 0 Å². The molecule has 0 fully saturated rings. The van der Waals surface area contributed by atoms with Gasteiger partial charge in [0, 0.05) is 25.8 Å². The highest BCUT2D eigenvalue weighted by atomic mass is 79.9. The summed E-state index contributed by atoms with van der Waals surface area (Å²) in [5.74, 6) is 0. The number of hydrogen-bond donors (Lipinski definition) is 1. The lowest BCUT2D eigenvalue weighted by molar-refractivity contribution is 0.509. The van der Waals surface area contributed by atoms with Gasteiger partial charge in [-0.05, 0) is 45.6 Å². The number of rotatable bonds is 5. The van der Waals surface area contributed by atoms with Gasteiger partial charge in [-0.1, -0.05) is 35.8 Å². The van der Waals surface area contributed by atoms with Crippen LogP contribution < -0.4 is 4.72 Å². The van der Waals surface area contributed by atoms with Crippen molar-refractivity contribution < 1.29 is 8.42 Å². The Hall–Kier alpha value is -0.210. The first kappa shape index (κ1) is 17.1. The first-order chi connectivity index (χ1) is 9.72. The van der Waals surface area contributed by atoms with E-state index in [0.29, 0.717) is 11.0 Å². The summed E-state index contributed by atoms with van der Waals surface area (Å²) in [6, 6.07) is 9.01. The molecule has 0 saturated heterocycles. The van der Waals surface area contributed by atoms with Crippen molar-refractivity contribution in [3.63, 3.8) is 0 Å². The van der Waals surface area contributed by atoms with E-state index < -0.39 is 10.0 Å². The summed E-state index contributed by atoms with van der Waals surface area (Å²) in [4.78, 5) is 1.40. The monoisotopic (exact) mass is 451 g/mol. The summed E-state index contributed by atoms with van der Waals surface area (Å²) in [5.41, 5.74) is -0.247. The van der Waals surface area contributed by atoms with Crippen LogP contribution in [0.5, 0.6) is 0 Å². The molecule has 1 aromatic heterocycles. The molecule has 1 N–H and O–H groups in total. The first-order valence-electron chi connectivity index (χ1n) is 6.21. The van der Waals surface area contributed by atoms with Gasteiger partial charge in [-0.15, -0.1) is 11.3 Å². The van der Waals surface area contributed by atoms with Crippen molar-refractivity contribution in [2.45, 2.75) is 24.2 Å². The normalized spacial score (nSPS) is 12.6. The average molecular weight is 453 g/mol. The lowest BCUT2D eigenvalue weighted by Crippen LogP contribution is -2.36. The zero-order valence-electron chi connectivity index (χ0n) is 11.6. The third-order valence-corrected chi connectivity index (χ3v) is 7.18. The molecule has 0 spiro atoms. The van der Waals surface area contributed by atoms with Gasteiger partial charge >= 0.3 is 0 Å². The fourth-order valence-corrected chi connectivity index (χ4v) is 5.60. The van der Waals surface area contributed by atoms with Crippen molar-refractivity contribution in [2.75, 3.05) is 6.54 Å². The molecule has 0 aliphatic rings. The number of nitrogens with one attached hydrogen (secondary N) is 1. The second kappa shape index (κ2) is 6.50. The van der Waals surface area contributed by atoms with Crippen molar-refractivity contribution >= 4 is 53.2 Å². The van der Waals surface area contributed by atoms with E-state index in [0.717, 1.165) is 9.35 Å². The molecule has 0 unspecified atom stereocenters. The molecule has 0 aliphatic carbocycles. The Bertz CT molecular complexity index is 725. The molecule has 0 radical (unpaired) electrons. The van der Waals surface area contributed by atoms with Gasteiger partial charge in [-0.25, -0.2) is 13.1 Å². The Morgan fingerprint density at radius 3 is 2.52 bits per heavy atom. The van der Waals surface area contributed by atoms with E-state index in [1.807, 2.05) is 31.4 Å². The zero-order valence-corrected chi connectivity index (χ0v) is 16.4. The van der Waals surface area contributed by atoms with Gasteiger partial charge in [0.25, 0.3) is 0 Å². The molecular formula is C14H15Br2NO2S2. The van der Waals surface area contributed by atoms with Crippen molar-refractivity contribution in [3.8, 4) is 0 Å². The molecule has 1 heterocycles. The highest BCUT2D eigenvalue weighted by Gasteiger charge is 2.26. The largest absolute Gasteiger partial charge is 0.241 e. The highest BCUT2D eigenvalue weighted by molar-refractivity contribution is 9.11. The van der Waals surface area contributed by atoms with Gasteiger partial charge in [0.15, 0.2) is 0 Å². The van der Waals surface area contributed by atoms with Crippen LogP contribution in [0.4, 0.5) is 0 Å². The Labute approximate surface area is 146 Å². The summed E-state index contributed by atoms with van der Waals surface area (Å²) < 4.78 is 28.9. The molecule has 114 valence electrons. The van der Waals surface area contributed by atoms with Crippen molar-refractivity contribution in [2.24, 2.45) is 0 Å². The number of sulfonamides is 1. The predicted molar refractivity (Wildman–Crippen MR) is 94.4 cm³/mol. The van der Waals surface area contributed by atoms with Crippen molar-refractivity contribution in [1.29, 1.82) is 0 Å². The Kier molecular flexibility index (Phi) is 5.31. The number of hydrogen-bond acceptors (Lipinski definition) is 3. The molecule has 2 rings (SSSR count). The van der Waals surface area contributed by atoms with Crippen LogP contribution in [0.3, 0.4) is 0 Å². The average Bonchev–Trinajstić information content (AvgIpc) is 2.91. The maximum Gasteiger partial charge on any atom is 0.241 e. The smallest absolute Gasteiger partial charge is 0.210 e. The summed E-state index contributed by atoms with van der Waals surface area (Å²) in [6.45, 7) is 4.40. The van der Waals surface area contributed by atoms with E-state index in [1.165, 1.54) is 0 Å². The van der Waals surface area contributed by atoms with E-state index in [2.05, 4.69) is 36.6 Å². The quantitative estimate of drug-likeness (QED) is 0.724. The SMILES string of the molecule is CC(C)(CNS(=O)(=O)c1ccc(Br)cc1Br)c1cccs1. The predicted octanol–water partition coefficient (Wildman–Crippen LogP) is 4.53. The van der Waals surface area contributed by atoms with Crippen LogP contribution >= 0.6 is 43.2 Å². The van der Waals surface area contributed by atoms with Crippen molar-refractivity contribution in [3.05, 3.63) is 49.5 Å². The minimum atomic E-state index is -3.55. The molecule has 7 heteroatoms. The Morgan fingerprint density at radius 1 is 1.24 bits per heavy atom. The molecular weight excluding hydrogens is 438 g/mol. The fraction of sp³-hybridized carbons (Fsp3) is 0.286. The van der Waals surface area contributed by atoms with Gasteiger partial charge in [0.1, 0.15) is 0 Å². The van der Waals surface area contributed by atoms with E-state index in [-0.39, 0.29) is 10.3 Å². The zero-order chi connectivity index (χ0) is 15.7. The molecule has 1 aromatic carbocycles. The summed E-state index contributed by atoms with van der Waals surface area (Å²) in [5, 5.41) is 2.00. The van der Waals surface area contributed by atoms with Crippen LogP contribution in [0, 0.1) is 0 Å². The maximum absolute atomic E-state index is 12.4. The highest BCUT2D eigenvalue weighted by Crippen LogP contribution is 2.29. The van der Waals surface area contributed by atoms with E-state index >= 15 is 0 Å². The molecule has 0 bridgehead atoms. The third-order valence-electron chi connectivity index (χ3n) is 3.08. The van der Waals surface area contributed by atoms with E-state index in [9.17, 15) is 8.42 Å². The third kappa shape index (κ3) is 4.16. The van der Waals surface area contributed by atoms with Crippen LogP contribution in [-0.4, -0.2) is 15.0 Å². The second-order valence-electron chi connectivity index (χ2n) is 5.26. The maximum atomic E-state index is 12.4. The standard InChI is InChI=1S/C14H15Br2NO2S2/c1-14(2,13-4-3-7-20-13)9-17-21(18,19)12-6-5-10(15)8-11(12)16/h3-8,17H,9H2,1-2H3. The number of thiophene rings is 1. The van der Waals surface area contributed by atoms with Crippen LogP contribution in [-0.2, 0) is 15.4 Å². The Morgan fingerprint density at radius 2 is 1.95 bits per heavy atom. The molecule has 0 atom stereocenters. The van der Waals surface area contributed by atoms with Crippen LogP contribution in [0.15, 0.2) is 49.6 Å². The molecule has 0 saturated carbocycles. The van der Waals surface area contributed by atoms with Gasteiger partial charge < -0.3 is 0 Å². The minimum Gasteiger partial charge on any atom is -0.210 e. The lowest BCUT2D eigenvalue weighted by Gasteiger charge is -2.23. The van der Waals surface area contributed by atoms with Gasteiger partial charge in [0.05, 0.1) is 4.90 Å². The Balaban J connectivity index is 2.19. The number of benzene rings is 1.